The van der Waals surface area contributed by atoms with E-state index in [0.29, 0.717) is 10.6 Å². The molecule has 2 aromatic rings. The van der Waals surface area contributed by atoms with Crippen molar-refractivity contribution in [2.45, 2.75) is 26.7 Å². The van der Waals surface area contributed by atoms with E-state index in [-0.39, 0.29) is 0 Å². The number of nitrogens with zero attached hydrogens (tertiary/aromatic N) is 2. The van der Waals surface area contributed by atoms with Crippen LogP contribution >= 0.6 is 11.6 Å². The summed E-state index contributed by atoms with van der Waals surface area (Å²) in [7, 11) is 0. The molecule has 0 aliphatic heterocycles. The van der Waals surface area contributed by atoms with E-state index < -0.39 is 0 Å². The van der Waals surface area contributed by atoms with E-state index in [2.05, 4.69) is 5.10 Å². The number of aldehydes is 1. The lowest BCUT2D eigenvalue weighted by Gasteiger charge is -2.07. The first-order chi connectivity index (χ1) is 8.72. The van der Waals surface area contributed by atoms with Crippen LogP contribution in [0.15, 0.2) is 24.3 Å². The molecule has 0 fully saturated rings. The summed E-state index contributed by atoms with van der Waals surface area (Å²) in [5, 5.41) is 5.14. The zero-order chi connectivity index (χ0) is 13.1. The Labute approximate surface area is 111 Å². The van der Waals surface area contributed by atoms with Crippen molar-refractivity contribution < 1.29 is 4.79 Å². The summed E-state index contributed by atoms with van der Waals surface area (Å²) in [4.78, 5) is 11.2. The van der Waals surface area contributed by atoms with Gasteiger partial charge in [-0.3, -0.25) is 4.79 Å². The van der Waals surface area contributed by atoms with Gasteiger partial charge in [-0.2, -0.15) is 5.10 Å². The van der Waals surface area contributed by atoms with Gasteiger partial charge in [0.05, 0.1) is 27.7 Å². The first kappa shape index (κ1) is 12.8. The summed E-state index contributed by atoms with van der Waals surface area (Å²) in [5.41, 5.74) is 3.25. The van der Waals surface area contributed by atoms with Crippen LogP contribution in [0.5, 0.6) is 0 Å². The number of hydrogen-bond donors (Lipinski definition) is 0. The van der Waals surface area contributed by atoms with Crippen LogP contribution < -0.4 is 0 Å². The third kappa shape index (κ3) is 2.06. The average Bonchev–Trinajstić information content (AvgIpc) is 2.76. The van der Waals surface area contributed by atoms with Gasteiger partial charge in [-0.05, 0) is 25.0 Å². The second-order valence-corrected chi connectivity index (χ2v) is 4.40. The molecule has 0 N–H and O–H groups in total. The molecule has 0 saturated heterocycles. The quantitative estimate of drug-likeness (QED) is 0.791. The van der Waals surface area contributed by atoms with Crippen LogP contribution in [-0.2, 0) is 12.8 Å². The first-order valence-electron chi connectivity index (χ1n) is 6.03. The van der Waals surface area contributed by atoms with Crippen molar-refractivity contribution in [1.82, 2.24) is 9.78 Å². The fourth-order valence-corrected chi connectivity index (χ4v) is 2.29. The van der Waals surface area contributed by atoms with Crippen LogP contribution in [0.1, 0.15) is 35.6 Å². The number of carbonyl (C=O) groups is 1. The number of hydrogen-bond acceptors (Lipinski definition) is 2. The van der Waals surface area contributed by atoms with Gasteiger partial charge in [-0.1, -0.05) is 37.6 Å². The SMILES string of the molecule is CCc1nn(-c2ccccc2Cl)c(CC)c1C=O. The highest BCUT2D eigenvalue weighted by molar-refractivity contribution is 6.32. The highest BCUT2D eigenvalue weighted by Gasteiger charge is 2.16. The highest BCUT2D eigenvalue weighted by atomic mass is 35.5. The minimum Gasteiger partial charge on any atom is -0.298 e. The van der Waals surface area contributed by atoms with Crippen molar-refractivity contribution in [3.63, 3.8) is 0 Å². The molecule has 0 unspecified atom stereocenters. The number of aromatic nitrogens is 2. The molecule has 0 aliphatic rings. The van der Waals surface area contributed by atoms with Crippen molar-refractivity contribution in [2.75, 3.05) is 0 Å². The third-order valence-corrected chi connectivity index (χ3v) is 3.29. The maximum Gasteiger partial charge on any atom is 0.153 e. The molecule has 0 spiro atoms. The monoisotopic (exact) mass is 262 g/mol. The molecular weight excluding hydrogens is 248 g/mol. The van der Waals surface area contributed by atoms with Crippen molar-refractivity contribution in [3.8, 4) is 5.69 Å². The van der Waals surface area contributed by atoms with Gasteiger partial charge in [0.1, 0.15) is 0 Å². The number of benzene rings is 1. The number of carbonyl (C=O) groups excluding carboxylic acids is 1. The average molecular weight is 263 g/mol. The molecule has 1 heterocycles. The lowest BCUT2D eigenvalue weighted by Crippen LogP contribution is -2.03. The van der Waals surface area contributed by atoms with Crippen LogP contribution in [0, 0.1) is 0 Å². The van der Waals surface area contributed by atoms with Gasteiger partial charge in [0, 0.05) is 0 Å². The molecule has 2 rings (SSSR count). The summed E-state index contributed by atoms with van der Waals surface area (Å²) >= 11 is 6.19. The number of para-hydroxylation sites is 1. The van der Waals surface area contributed by atoms with E-state index in [4.69, 9.17) is 11.6 Å². The molecule has 1 aromatic heterocycles. The first-order valence-corrected chi connectivity index (χ1v) is 6.41. The van der Waals surface area contributed by atoms with Crippen molar-refractivity contribution in [1.29, 1.82) is 0 Å². The largest absolute Gasteiger partial charge is 0.298 e. The van der Waals surface area contributed by atoms with Crippen LogP contribution in [-0.4, -0.2) is 16.1 Å². The van der Waals surface area contributed by atoms with E-state index in [1.165, 1.54) is 0 Å². The van der Waals surface area contributed by atoms with Gasteiger partial charge < -0.3 is 0 Å². The molecule has 1 aromatic carbocycles. The lowest BCUT2D eigenvalue weighted by molar-refractivity contribution is 0.112. The second-order valence-electron chi connectivity index (χ2n) is 4.00. The van der Waals surface area contributed by atoms with E-state index in [1.807, 2.05) is 38.1 Å². The zero-order valence-corrected chi connectivity index (χ0v) is 11.2. The summed E-state index contributed by atoms with van der Waals surface area (Å²) in [6.07, 6.45) is 2.36. The maximum absolute atomic E-state index is 11.2. The Kier molecular flexibility index (Phi) is 3.82. The van der Waals surface area contributed by atoms with E-state index in [1.54, 1.807) is 4.68 Å². The minimum absolute atomic E-state index is 0.634. The van der Waals surface area contributed by atoms with Crippen LogP contribution in [0.2, 0.25) is 5.02 Å². The summed E-state index contributed by atoms with van der Waals surface area (Å²) < 4.78 is 1.78. The Hall–Kier alpha value is -1.61. The number of rotatable bonds is 4. The maximum atomic E-state index is 11.2. The van der Waals surface area contributed by atoms with Crippen LogP contribution in [0.25, 0.3) is 5.69 Å². The Morgan fingerprint density at radius 3 is 2.56 bits per heavy atom. The molecule has 0 bridgehead atoms. The van der Waals surface area contributed by atoms with Crippen LogP contribution in [0.4, 0.5) is 0 Å². The standard InChI is InChI=1S/C14H15ClN2O/c1-3-12-10(9-18)13(4-2)17(16-12)14-8-6-5-7-11(14)15/h5-9H,3-4H2,1-2H3. The predicted octanol–water partition coefficient (Wildman–Crippen LogP) is 3.46. The number of halogens is 1. The Bertz CT molecular complexity index is 575. The second kappa shape index (κ2) is 5.36. The van der Waals surface area contributed by atoms with Gasteiger partial charge in [-0.15, -0.1) is 0 Å². The number of aryl methyl sites for hydroxylation is 1. The Morgan fingerprint density at radius 1 is 1.28 bits per heavy atom. The molecular formula is C14H15ClN2O. The Morgan fingerprint density at radius 2 is 2.00 bits per heavy atom. The lowest BCUT2D eigenvalue weighted by atomic mass is 10.1. The molecule has 94 valence electrons. The van der Waals surface area contributed by atoms with Gasteiger partial charge in [-0.25, -0.2) is 4.68 Å². The van der Waals surface area contributed by atoms with Gasteiger partial charge in [0.15, 0.2) is 6.29 Å². The topological polar surface area (TPSA) is 34.9 Å². The highest BCUT2D eigenvalue weighted by Crippen LogP contribution is 2.24. The Balaban J connectivity index is 2.68. The smallest absolute Gasteiger partial charge is 0.153 e. The van der Waals surface area contributed by atoms with E-state index in [9.17, 15) is 4.79 Å². The molecule has 0 atom stereocenters. The van der Waals surface area contributed by atoms with Crippen molar-refractivity contribution in [3.05, 3.63) is 46.2 Å². The van der Waals surface area contributed by atoms with Crippen molar-refractivity contribution in [2.24, 2.45) is 0 Å². The van der Waals surface area contributed by atoms with Gasteiger partial charge >= 0.3 is 0 Å². The zero-order valence-electron chi connectivity index (χ0n) is 10.5. The molecule has 3 nitrogen and oxygen atoms in total. The third-order valence-electron chi connectivity index (χ3n) is 2.97. The molecule has 0 saturated carbocycles. The fourth-order valence-electron chi connectivity index (χ4n) is 2.08. The molecule has 0 amide bonds. The van der Waals surface area contributed by atoms with Gasteiger partial charge in [0.2, 0.25) is 0 Å². The summed E-state index contributed by atoms with van der Waals surface area (Å²) in [6, 6.07) is 7.52. The van der Waals surface area contributed by atoms with Crippen LogP contribution in [0.3, 0.4) is 0 Å². The van der Waals surface area contributed by atoms with E-state index >= 15 is 0 Å². The fraction of sp³-hybridized carbons (Fsp3) is 0.286. The molecule has 0 aliphatic carbocycles. The predicted molar refractivity (Wildman–Crippen MR) is 72.7 cm³/mol. The minimum atomic E-state index is 0.634. The van der Waals surface area contributed by atoms with Gasteiger partial charge in [0.25, 0.3) is 0 Å². The molecule has 4 heteroatoms. The normalized spacial score (nSPS) is 10.6. The summed E-state index contributed by atoms with van der Waals surface area (Å²) in [5.74, 6) is 0. The van der Waals surface area contributed by atoms with Crippen molar-refractivity contribution >= 4 is 17.9 Å². The molecule has 0 radical (unpaired) electrons. The van der Waals surface area contributed by atoms with E-state index in [0.717, 1.165) is 36.2 Å². The molecule has 18 heavy (non-hydrogen) atoms. The summed E-state index contributed by atoms with van der Waals surface area (Å²) in [6.45, 7) is 4.00.